The van der Waals surface area contributed by atoms with Crippen molar-refractivity contribution in [1.82, 2.24) is 0 Å². The first-order chi connectivity index (χ1) is 11.8. The van der Waals surface area contributed by atoms with Gasteiger partial charge in [0.15, 0.2) is 11.6 Å². The van der Waals surface area contributed by atoms with Crippen LogP contribution in [0.3, 0.4) is 0 Å². The average molecular weight is 336 g/mol. The highest BCUT2D eigenvalue weighted by atomic mass is 16.5. The molecule has 136 valence electrons. The van der Waals surface area contributed by atoms with Crippen molar-refractivity contribution in [1.29, 1.82) is 0 Å². The molecule has 1 rings (SSSR count). The van der Waals surface area contributed by atoms with Crippen molar-refractivity contribution >= 4 is 11.6 Å². The number of ketones is 2. The van der Waals surface area contributed by atoms with Crippen LogP contribution in [0.1, 0.15) is 64.2 Å². The lowest BCUT2D eigenvalue weighted by Gasteiger charge is -2.05. The second-order valence-electron chi connectivity index (χ2n) is 6.16. The second-order valence-corrected chi connectivity index (χ2v) is 6.16. The van der Waals surface area contributed by atoms with E-state index in [1.807, 2.05) is 12.2 Å². The van der Waals surface area contributed by atoms with Crippen LogP contribution >= 0.6 is 0 Å². The Kier molecular flexibility index (Phi) is 13.2. The number of hydrogen-bond acceptors (Lipinski definition) is 4. The van der Waals surface area contributed by atoms with E-state index in [-0.39, 0.29) is 11.6 Å². The molecule has 0 aliphatic carbocycles. The first-order valence-electron chi connectivity index (χ1n) is 9.33. The van der Waals surface area contributed by atoms with E-state index >= 15 is 0 Å². The largest absolute Gasteiger partial charge is 0.379 e. The van der Waals surface area contributed by atoms with Gasteiger partial charge in [-0.15, -0.1) is 0 Å². The molecule has 1 aliphatic rings. The van der Waals surface area contributed by atoms with Crippen molar-refractivity contribution in [3.63, 3.8) is 0 Å². The van der Waals surface area contributed by atoms with Gasteiger partial charge in [0.1, 0.15) is 0 Å². The van der Waals surface area contributed by atoms with Crippen LogP contribution in [0.15, 0.2) is 24.3 Å². The summed E-state index contributed by atoms with van der Waals surface area (Å²) in [7, 11) is 0. The summed E-state index contributed by atoms with van der Waals surface area (Å²) in [6.07, 6.45) is 16.5. The first kappa shape index (κ1) is 20.8. The van der Waals surface area contributed by atoms with E-state index in [9.17, 15) is 9.59 Å². The summed E-state index contributed by atoms with van der Waals surface area (Å²) < 4.78 is 10.9. The molecular formula is C20H32O4. The van der Waals surface area contributed by atoms with Crippen molar-refractivity contribution in [2.24, 2.45) is 0 Å². The summed E-state index contributed by atoms with van der Waals surface area (Å²) in [4.78, 5) is 23.3. The summed E-state index contributed by atoms with van der Waals surface area (Å²) in [6.45, 7) is 2.26. The normalized spacial score (nSPS) is 24.5. The van der Waals surface area contributed by atoms with Crippen molar-refractivity contribution in [2.75, 3.05) is 26.4 Å². The summed E-state index contributed by atoms with van der Waals surface area (Å²) in [6, 6.07) is 0. The summed E-state index contributed by atoms with van der Waals surface area (Å²) in [5, 5.41) is 0. The number of rotatable bonds is 0. The highest BCUT2D eigenvalue weighted by Crippen LogP contribution is 2.07. The lowest BCUT2D eigenvalue weighted by Crippen LogP contribution is -2.07. The maximum Gasteiger partial charge on any atom is 0.155 e. The van der Waals surface area contributed by atoms with Crippen LogP contribution in [0.2, 0.25) is 0 Å². The maximum absolute atomic E-state index is 11.7. The first-order valence-corrected chi connectivity index (χ1v) is 9.33. The Hall–Kier alpha value is -1.26. The van der Waals surface area contributed by atoms with Gasteiger partial charge in [0.2, 0.25) is 0 Å². The minimum Gasteiger partial charge on any atom is -0.379 e. The molecule has 0 bridgehead atoms. The Balaban J connectivity index is 2.26. The Bertz CT molecular complexity index is 360. The lowest BCUT2D eigenvalue weighted by atomic mass is 10.1. The van der Waals surface area contributed by atoms with Crippen LogP contribution in [0.25, 0.3) is 0 Å². The average Bonchev–Trinajstić information content (AvgIpc) is 2.57. The van der Waals surface area contributed by atoms with Gasteiger partial charge in [-0.25, -0.2) is 0 Å². The molecule has 0 saturated heterocycles. The van der Waals surface area contributed by atoms with E-state index in [0.717, 1.165) is 38.5 Å². The molecule has 0 saturated carbocycles. The maximum atomic E-state index is 11.7. The van der Waals surface area contributed by atoms with E-state index in [4.69, 9.17) is 9.47 Å². The predicted octanol–water partition coefficient (Wildman–Crippen LogP) is 4.18. The van der Waals surface area contributed by atoms with Crippen LogP contribution in [-0.2, 0) is 19.1 Å². The summed E-state index contributed by atoms with van der Waals surface area (Å²) in [5.74, 6) is 0.374. The smallest absolute Gasteiger partial charge is 0.155 e. The van der Waals surface area contributed by atoms with E-state index in [2.05, 4.69) is 0 Å². The molecule has 0 amide bonds. The molecule has 0 unspecified atom stereocenters. The molecule has 0 spiro atoms. The van der Waals surface area contributed by atoms with Crippen molar-refractivity contribution in [2.45, 2.75) is 64.2 Å². The molecule has 0 aromatic rings. The zero-order valence-electron chi connectivity index (χ0n) is 14.8. The SMILES string of the molecule is O=C1/C=C/CCCCCC/C=C/C(=O)CCCOCCOCCC1. The molecule has 0 aromatic heterocycles. The van der Waals surface area contributed by atoms with E-state index < -0.39 is 0 Å². The molecule has 0 atom stereocenters. The molecule has 0 aromatic carbocycles. The molecule has 1 aliphatic heterocycles. The Morgan fingerprint density at radius 3 is 1.50 bits per heavy atom. The number of hydrogen-bond donors (Lipinski definition) is 0. The van der Waals surface area contributed by atoms with Gasteiger partial charge in [0, 0.05) is 26.1 Å². The quantitative estimate of drug-likeness (QED) is 0.666. The van der Waals surface area contributed by atoms with Gasteiger partial charge >= 0.3 is 0 Å². The second kappa shape index (κ2) is 15.3. The van der Waals surface area contributed by atoms with E-state index in [0.29, 0.717) is 39.3 Å². The number of carbonyl (C=O) groups excluding carboxylic acids is 2. The Labute approximate surface area is 146 Å². The minimum atomic E-state index is 0.187. The van der Waals surface area contributed by atoms with Crippen molar-refractivity contribution in [3.05, 3.63) is 24.3 Å². The van der Waals surface area contributed by atoms with Gasteiger partial charge in [-0.3, -0.25) is 9.59 Å². The molecule has 4 heteroatoms. The lowest BCUT2D eigenvalue weighted by molar-refractivity contribution is -0.115. The zero-order chi connectivity index (χ0) is 17.3. The number of allylic oxidation sites excluding steroid dienone is 4. The monoisotopic (exact) mass is 336 g/mol. The van der Waals surface area contributed by atoms with Crippen LogP contribution in [0, 0.1) is 0 Å². The Morgan fingerprint density at radius 1 is 0.583 bits per heavy atom. The van der Waals surface area contributed by atoms with Gasteiger partial charge in [-0.1, -0.05) is 25.0 Å². The van der Waals surface area contributed by atoms with E-state index in [1.165, 1.54) is 12.8 Å². The fourth-order valence-corrected chi connectivity index (χ4v) is 2.49. The van der Waals surface area contributed by atoms with Gasteiger partial charge in [0.25, 0.3) is 0 Å². The standard InChI is InChI=1S/C20H32O4/c21-19-11-7-5-3-1-2-4-6-8-12-20(22)14-10-16-24-18-17-23-15-9-13-19/h7-8,11-12H,1-6,9-10,13-18H2/b11-7+,12-8+. The summed E-state index contributed by atoms with van der Waals surface area (Å²) in [5.41, 5.74) is 0. The molecule has 4 nitrogen and oxygen atoms in total. The van der Waals surface area contributed by atoms with Crippen LogP contribution in [-0.4, -0.2) is 38.0 Å². The third-order valence-corrected chi connectivity index (χ3v) is 3.89. The van der Waals surface area contributed by atoms with Crippen LogP contribution in [0.4, 0.5) is 0 Å². The molecule has 0 N–H and O–H groups in total. The predicted molar refractivity (Wildman–Crippen MR) is 96.1 cm³/mol. The highest BCUT2D eigenvalue weighted by Gasteiger charge is 1.99. The van der Waals surface area contributed by atoms with Crippen molar-refractivity contribution < 1.29 is 19.1 Å². The number of carbonyl (C=O) groups is 2. The molecule has 0 radical (unpaired) electrons. The van der Waals surface area contributed by atoms with E-state index in [1.54, 1.807) is 12.2 Å². The van der Waals surface area contributed by atoms with Gasteiger partial charge in [-0.2, -0.15) is 0 Å². The Morgan fingerprint density at radius 2 is 1.04 bits per heavy atom. The van der Waals surface area contributed by atoms with Gasteiger partial charge in [-0.05, 0) is 50.7 Å². The topological polar surface area (TPSA) is 52.6 Å². The molecular weight excluding hydrogens is 304 g/mol. The minimum absolute atomic E-state index is 0.187. The number of ether oxygens (including phenoxy) is 2. The van der Waals surface area contributed by atoms with Gasteiger partial charge < -0.3 is 9.47 Å². The summed E-state index contributed by atoms with van der Waals surface area (Å²) >= 11 is 0. The molecule has 0 fully saturated rings. The molecule has 1 heterocycles. The third kappa shape index (κ3) is 13.2. The van der Waals surface area contributed by atoms with Crippen LogP contribution in [0.5, 0.6) is 0 Å². The van der Waals surface area contributed by atoms with Gasteiger partial charge in [0.05, 0.1) is 13.2 Å². The third-order valence-electron chi connectivity index (χ3n) is 3.89. The fraction of sp³-hybridized carbons (Fsp3) is 0.700. The fourth-order valence-electron chi connectivity index (χ4n) is 2.49. The molecule has 24 heavy (non-hydrogen) atoms. The van der Waals surface area contributed by atoms with Crippen LogP contribution < -0.4 is 0 Å². The highest BCUT2D eigenvalue weighted by molar-refractivity contribution is 5.89. The van der Waals surface area contributed by atoms with Crippen molar-refractivity contribution in [3.8, 4) is 0 Å². The zero-order valence-corrected chi connectivity index (χ0v) is 14.8.